The van der Waals surface area contributed by atoms with Gasteiger partial charge < -0.3 is 5.73 Å². The molecule has 0 radical (unpaired) electrons. The lowest BCUT2D eigenvalue weighted by Crippen LogP contribution is -2.05. The molecule has 0 aromatic carbocycles. The fourth-order valence-corrected chi connectivity index (χ4v) is 2.60. The quantitative estimate of drug-likeness (QED) is 0.668. The van der Waals surface area contributed by atoms with Gasteiger partial charge in [-0.25, -0.2) is 0 Å². The molecule has 0 fully saturated rings. The third-order valence-electron chi connectivity index (χ3n) is 1.63. The van der Waals surface area contributed by atoms with E-state index in [1.807, 2.05) is 0 Å². The van der Waals surface area contributed by atoms with Crippen LogP contribution in [0.5, 0.6) is 0 Å². The molecule has 1 unspecified atom stereocenters. The Bertz CT molecular complexity index is 222. The SMILES string of the molecule is CCC(N)c1cc(CI)cs1. The Balaban J connectivity index is 2.71. The molecular formula is C8H12INS. The third-order valence-corrected chi connectivity index (χ3v) is 3.63. The molecule has 2 N–H and O–H groups in total. The van der Waals surface area contributed by atoms with Gasteiger partial charge in [0.15, 0.2) is 0 Å². The van der Waals surface area contributed by atoms with Crippen LogP contribution in [0.25, 0.3) is 0 Å². The lowest BCUT2D eigenvalue weighted by molar-refractivity contribution is 0.712. The van der Waals surface area contributed by atoms with Crippen molar-refractivity contribution in [3.63, 3.8) is 0 Å². The number of halogens is 1. The highest BCUT2D eigenvalue weighted by Gasteiger charge is 2.05. The molecule has 0 aliphatic rings. The maximum Gasteiger partial charge on any atom is 0.0387 e. The van der Waals surface area contributed by atoms with Crippen molar-refractivity contribution >= 4 is 33.9 Å². The predicted molar refractivity (Wildman–Crippen MR) is 59.3 cm³/mol. The van der Waals surface area contributed by atoms with Crippen LogP contribution in [0.15, 0.2) is 11.4 Å². The third kappa shape index (κ3) is 2.42. The second-order valence-electron chi connectivity index (χ2n) is 2.51. The summed E-state index contributed by atoms with van der Waals surface area (Å²) in [6.45, 7) is 2.12. The van der Waals surface area contributed by atoms with E-state index in [0.29, 0.717) is 0 Å². The minimum absolute atomic E-state index is 0.247. The molecule has 1 aromatic heterocycles. The average molecular weight is 281 g/mol. The summed E-state index contributed by atoms with van der Waals surface area (Å²) in [6, 6.07) is 2.46. The Morgan fingerprint density at radius 2 is 2.45 bits per heavy atom. The fraction of sp³-hybridized carbons (Fsp3) is 0.500. The van der Waals surface area contributed by atoms with Crippen LogP contribution in [0.2, 0.25) is 0 Å². The number of hydrogen-bond acceptors (Lipinski definition) is 2. The van der Waals surface area contributed by atoms with E-state index in [4.69, 9.17) is 5.73 Å². The highest BCUT2D eigenvalue weighted by molar-refractivity contribution is 14.1. The van der Waals surface area contributed by atoms with Gasteiger partial charge in [0.1, 0.15) is 0 Å². The molecule has 1 rings (SSSR count). The van der Waals surface area contributed by atoms with E-state index in [2.05, 4.69) is 41.0 Å². The summed E-state index contributed by atoms with van der Waals surface area (Å²) in [5.41, 5.74) is 7.27. The van der Waals surface area contributed by atoms with Gasteiger partial charge in [-0.15, -0.1) is 11.3 Å². The molecule has 0 saturated heterocycles. The van der Waals surface area contributed by atoms with E-state index in [1.54, 1.807) is 11.3 Å². The zero-order valence-corrected chi connectivity index (χ0v) is 9.48. The second kappa shape index (κ2) is 4.42. The predicted octanol–water partition coefficient (Wildman–Crippen LogP) is 3.09. The van der Waals surface area contributed by atoms with Gasteiger partial charge in [-0.2, -0.15) is 0 Å². The van der Waals surface area contributed by atoms with Crippen LogP contribution >= 0.6 is 33.9 Å². The van der Waals surface area contributed by atoms with Crippen molar-refractivity contribution in [3.05, 3.63) is 21.9 Å². The van der Waals surface area contributed by atoms with Gasteiger partial charge in [0.25, 0.3) is 0 Å². The number of thiophene rings is 1. The van der Waals surface area contributed by atoms with Gasteiger partial charge >= 0.3 is 0 Å². The van der Waals surface area contributed by atoms with Gasteiger partial charge in [0.2, 0.25) is 0 Å². The van der Waals surface area contributed by atoms with E-state index >= 15 is 0 Å². The molecule has 1 atom stereocenters. The average Bonchev–Trinajstić information content (AvgIpc) is 2.50. The van der Waals surface area contributed by atoms with Crippen molar-refractivity contribution < 1.29 is 0 Å². The van der Waals surface area contributed by atoms with Crippen LogP contribution in [-0.2, 0) is 4.43 Å². The Morgan fingerprint density at radius 3 is 2.91 bits per heavy atom. The summed E-state index contributed by atoms with van der Waals surface area (Å²) in [7, 11) is 0. The maximum absolute atomic E-state index is 5.87. The highest BCUT2D eigenvalue weighted by Crippen LogP contribution is 2.23. The van der Waals surface area contributed by atoms with Crippen molar-refractivity contribution in [2.75, 3.05) is 0 Å². The molecule has 1 heterocycles. The van der Waals surface area contributed by atoms with Gasteiger partial charge in [0, 0.05) is 15.3 Å². The number of alkyl halides is 1. The minimum Gasteiger partial charge on any atom is -0.323 e. The van der Waals surface area contributed by atoms with Crippen molar-refractivity contribution in [3.8, 4) is 0 Å². The van der Waals surface area contributed by atoms with Crippen LogP contribution < -0.4 is 5.73 Å². The lowest BCUT2D eigenvalue weighted by Gasteiger charge is -2.03. The summed E-state index contributed by atoms with van der Waals surface area (Å²) >= 11 is 4.14. The number of nitrogens with two attached hydrogens (primary N) is 1. The molecule has 0 aliphatic heterocycles. The van der Waals surface area contributed by atoms with E-state index in [9.17, 15) is 0 Å². The molecular weight excluding hydrogens is 269 g/mol. The van der Waals surface area contributed by atoms with Crippen molar-refractivity contribution in [2.24, 2.45) is 5.73 Å². The largest absolute Gasteiger partial charge is 0.323 e. The normalized spacial score (nSPS) is 13.4. The first-order chi connectivity index (χ1) is 5.27. The molecule has 1 nitrogen and oxygen atoms in total. The number of hydrogen-bond donors (Lipinski definition) is 1. The van der Waals surface area contributed by atoms with Gasteiger partial charge in [-0.3, -0.25) is 0 Å². The van der Waals surface area contributed by atoms with Crippen molar-refractivity contribution in [1.29, 1.82) is 0 Å². The summed E-state index contributed by atoms with van der Waals surface area (Å²) < 4.78 is 1.09. The van der Waals surface area contributed by atoms with E-state index in [-0.39, 0.29) is 6.04 Å². The zero-order valence-electron chi connectivity index (χ0n) is 6.51. The lowest BCUT2D eigenvalue weighted by atomic mass is 10.2. The van der Waals surface area contributed by atoms with Crippen LogP contribution in [0.4, 0.5) is 0 Å². The van der Waals surface area contributed by atoms with E-state index < -0.39 is 0 Å². The minimum atomic E-state index is 0.247. The van der Waals surface area contributed by atoms with Crippen LogP contribution in [0.3, 0.4) is 0 Å². The first-order valence-corrected chi connectivity index (χ1v) is 6.07. The molecule has 62 valence electrons. The first-order valence-electron chi connectivity index (χ1n) is 3.66. The summed E-state index contributed by atoms with van der Waals surface area (Å²) in [6.07, 6.45) is 1.03. The highest BCUT2D eigenvalue weighted by atomic mass is 127. The summed E-state index contributed by atoms with van der Waals surface area (Å²) in [5, 5.41) is 2.19. The van der Waals surface area contributed by atoms with Crippen molar-refractivity contribution in [2.45, 2.75) is 23.8 Å². The molecule has 0 amide bonds. The summed E-state index contributed by atoms with van der Waals surface area (Å²) in [5.74, 6) is 0. The monoisotopic (exact) mass is 281 g/mol. The molecule has 3 heteroatoms. The Hall–Kier alpha value is 0.390. The molecule has 11 heavy (non-hydrogen) atoms. The second-order valence-corrected chi connectivity index (χ2v) is 4.21. The zero-order chi connectivity index (χ0) is 8.27. The number of rotatable bonds is 3. The smallest absolute Gasteiger partial charge is 0.0387 e. The molecule has 0 aliphatic carbocycles. The van der Waals surface area contributed by atoms with Gasteiger partial charge in [0.05, 0.1) is 0 Å². The molecule has 0 bridgehead atoms. The molecule has 0 spiro atoms. The fourth-order valence-electron chi connectivity index (χ4n) is 0.860. The van der Waals surface area contributed by atoms with Crippen molar-refractivity contribution in [1.82, 2.24) is 0 Å². The summed E-state index contributed by atoms with van der Waals surface area (Å²) in [4.78, 5) is 1.32. The van der Waals surface area contributed by atoms with Gasteiger partial charge in [-0.05, 0) is 23.4 Å². The van der Waals surface area contributed by atoms with Gasteiger partial charge in [-0.1, -0.05) is 29.5 Å². The van der Waals surface area contributed by atoms with E-state index in [1.165, 1.54) is 10.4 Å². The Morgan fingerprint density at radius 1 is 1.73 bits per heavy atom. The van der Waals surface area contributed by atoms with E-state index in [0.717, 1.165) is 10.8 Å². The standard InChI is InChI=1S/C8H12INS/c1-2-7(10)8-3-6(4-9)5-11-8/h3,5,7H,2,4,10H2,1H3. The Kier molecular flexibility index (Phi) is 3.81. The molecule has 1 aromatic rings. The van der Waals surface area contributed by atoms with Crippen LogP contribution in [0, 0.1) is 0 Å². The Labute approximate surface area is 85.1 Å². The maximum atomic E-state index is 5.87. The topological polar surface area (TPSA) is 26.0 Å². The first kappa shape index (κ1) is 9.48. The molecule has 0 saturated carbocycles. The van der Waals surface area contributed by atoms with Crippen LogP contribution in [0.1, 0.15) is 29.8 Å². The van der Waals surface area contributed by atoms with Crippen LogP contribution in [-0.4, -0.2) is 0 Å².